The predicted molar refractivity (Wildman–Crippen MR) is 53.4 cm³/mol. The van der Waals surface area contributed by atoms with Crippen LogP contribution in [0.5, 0.6) is 0 Å². The second-order valence-electron chi connectivity index (χ2n) is 4.09. The van der Waals surface area contributed by atoms with E-state index in [0.29, 0.717) is 18.9 Å². The Morgan fingerprint density at radius 3 is 3.07 bits per heavy atom. The van der Waals surface area contributed by atoms with E-state index < -0.39 is 0 Å². The minimum atomic E-state index is 0.0375. The maximum Gasteiger partial charge on any atom is 0.188 e. The topological polar surface area (TPSA) is 57.0 Å². The highest BCUT2D eigenvalue weighted by molar-refractivity contribution is 5.96. The third-order valence-corrected chi connectivity index (χ3v) is 2.83. The first-order chi connectivity index (χ1) is 7.18. The summed E-state index contributed by atoms with van der Waals surface area (Å²) in [4.78, 5) is 12.1. The Kier molecular flexibility index (Phi) is 2.81. The van der Waals surface area contributed by atoms with Crippen molar-refractivity contribution in [1.29, 1.82) is 0 Å². The number of aromatic nitrogens is 3. The lowest BCUT2D eigenvalue weighted by Crippen LogP contribution is -2.31. The molecular weight excluding hydrogens is 194 g/mol. The van der Waals surface area contributed by atoms with E-state index in [9.17, 15) is 4.79 Å². The van der Waals surface area contributed by atoms with Crippen molar-refractivity contribution in [1.82, 2.24) is 15.0 Å². The molecule has 1 saturated heterocycles. The number of rotatable bonds is 2. The van der Waals surface area contributed by atoms with E-state index >= 15 is 0 Å². The summed E-state index contributed by atoms with van der Waals surface area (Å²) in [5.74, 6) is 0.405. The van der Waals surface area contributed by atoms with Gasteiger partial charge in [-0.1, -0.05) is 12.1 Å². The van der Waals surface area contributed by atoms with Gasteiger partial charge in [0.05, 0.1) is 6.20 Å². The van der Waals surface area contributed by atoms with Gasteiger partial charge in [0.15, 0.2) is 5.78 Å². The number of ketones is 1. The van der Waals surface area contributed by atoms with E-state index in [2.05, 4.69) is 10.3 Å². The van der Waals surface area contributed by atoms with Crippen LogP contribution in [0.4, 0.5) is 0 Å². The molecule has 5 heteroatoms. The van der Waals surface area contributed by atoms with Gasteiger partial charge in [-0.15, -0.1) is 5.10 Å². The average molecular weight is 209 g/mol. The van der Waals surface area contributed by atoms with Gasteiger partial charge in [-0.3, -0.25) is 9.48 Å². The average Bonchev–Trinajstić information content (AvgIpc) is 2.65. The van der Waals surface area contributed by atoms with Gasteiger partial charge in [0, 0.05) is 26.2 Å². The zero-order valence-electron chi connectivity index (χ0n) is 9.01. The number of hydrogen-bond donors (Lipinski definition) is 0. The molecule has 82 valence electrons. The minimum Gasteiger partial charge on any atom is -0.381 e. The summed E-state index contributed by atoms with van der Waals surface area (Å²) >= 11 is 0. The van der Waals surface area contributed by atoms with Crippen LogP contribution in [0.15, 0.2) is 6.20 Å². The summed E-state index contributed by atoms with van der Waals surface area (Å²) in [5.41, 5.74) is 0.469. The van der Waals surface area contributed by atoms with Crippen LogP contribution in [0.1, 0.15) is 23.8 Å². The van der Waals surface area contributed by atoms with Gasteiger partial charge < -0.3 is 4.74 Å². The van der Waals surface area contributed by atoms with Gasteiger partial charge in [-0.25, -0.2) is 0 Å². The van der Waals surface area contributed by atoms with E-state index in [4.69, 9.17) is 4.74 Å². The molecule has 1 aromatic heterocycles. The zero-order chi connectivity index (χ0) is 10.8. The largest absolute Gasteiger partial charge is 0.381 e. The Bertz CT molecular complexity index is 361. The standard InChI is InChI=1S/C10H15N3O2/c1-7-6-15-4-3-8(7)10(14)9-5-13(2)12-11-9/h5,7-8H,3-4,6H2,1-2H3. The molecule has 1 fully saturated rings. The highest BCUT2D eigenvalue weighted by Gasteiger charge is 2.30. The Labute approximate surface area is 88.4 Å². The lowest BCUT2D eigenvalue weighted by Gasteiger charge is -2.26. The summed E-state index contributed by atoms with van der Waals surface area (Å²) in [6, 6.07) is 0. The second kappa shape index (κ2) is 4.10. The van der Waals surface area contributed by atoms with E-state index in [1.807, 2.05) is 6.92 Å². The first-order valence-corrected chi connectivity index (χ1v) is 5.17. The van der Waals surface area contributed by atoms with Crippen LogP contribution in [-0.4, -0.2) is 34.0 Å². The van der Waals surface area contributed by atoms with Crippen LogP contribution in [-0.2, 0) is 11.8 Å². The van der Waals surface area contributed by atoms with Crippen molar-refractivity contribution in [3.05, 3.63) is 11.9 Å². The Balaban J connectivity index is 2.13. The zero-order valence-corrected chi connectivity index (χ0v) is 9.01. The number of hydrogen-bond acceptors (Lipinski definition) is 4. The third-order valence-electron chi connectivity index (χ3n) is 2.83. The molecule has 5 nitrogen and oxygen atoms in total. The van der Waals surface area contributed by atoms with Gasteiger partial charge >= 0.3 is 0 Å². The van der Waals surface area contributed by atoms with Crippen molar-refractivity contribution in [2.45, 2.75) is 13.3 Å². The summed E-state index contributed by atoms with van der Waals surface area (Å²) in [7, 11) is 1.76. The van der Waals surface area contributed by atoms with Crippen molar-refractivity contribution < 1.29 is 9.53 Å². The van der Waals surface area contributed by atoms with Crippen molar-refractivity contribution in [3.63, 3.8) is 0 Å². The lowest BCUT2D eigenvalue weighted by atomic mass is 9.85. The molecule has 15 heavy (non-hydrogen) atoms. The van der Waals surface area contributed by atoms with Crippen LogP contribution >= 0.6 is 0 Å². The van der Waals surface area contributed by atoms with Gasteiger partial charge in [0.1, 0.15) is 5.69 Å². The summed E-state index contributed by atoms with van der Waals surface area (Å²) in [6.07, 6.45) is 2.46. The smallest absolute Gasteiger partial charge is 0.188 e. The van der Waals surface area contributed by atoms with E-state index in [1.54, 1.807) is 17.9 Å². The molecular formula is C10H15N3O2. The molecule has 1 aromatic rings. The molecule has 2 rings (SSSR count). The van der Waals surface area contributed by atoms with Crippen molar-refractivity contribution in [2.24, 2.45) is 18.9 Å². The minimum absolute atomic E-state index is 0.0375. The number of ether oxygens (including phenoxy) is 1. The van der Waals surface area contributed by atoms with Crippen molar-refractivity contribution in [2.75, 3.05) is 13.2 Å². The molecule has 0 saturated carbocycles. The number of carbonyl (C=O) groups is 1. The Morgan fingerprint density at radius 2 is 2.47 bits per heavy atom. The molecule has 0 aromatic carbocycles. The van der Waals surface area contributed by atoms with Gasteiger partial charge in [-0.2, -0.15) is 0 Å². The molecule has 2 atom stereocenters. The first kappa shape index (κ1) is 10.3. The summed E-state index contributed by atoms with van der Waals surface area (Å²) in [6.45, 7) is 3.37. The fourth-order valence-corrected chi connectivity index (χ4v) is 1.92. The summed E-state index contributed by atoms with van der Waals surface area (Å²) < 4.78 is 6.86. The molecule has 0 bridgehead atoms. The van der Waals surface area contributed by atoms with Crippen LogP contribution in [0, 0.1) is 11.8 Å². The second-order valence-corrected chi connectivity index (χ2v) is 4.09. The molecule has 1 aliphatic rings. The van der Waals surface area contributed by atoms with Gasteiger partial charge in [0.25, 0.3) is 0 Å². The molecule has 0 amide bonds. The molecule has 0 radical (unpaired) electrons. The molecule has 2 heterocycles. The van der Waals surface area contributed by atoms with Gasteiger partial charge in [0.2, 0.25) is 0 Å². The highest BCUT2D eigenvalue weighted by atomic mass is 16.5. The molecule has 1 aliphatic heterocycles. The molecule has 2 unspecified atom stereocenters. The lowest BCUT2D eigenvalue weighted by molar-refractivity contribution is 0.0238. The van der Waals surface area contributed by atoms with Crippen LogP contribution in [0.3, 0.4) is 0 Å². The fourth-order valence-electron chi connectivity index (χ4n) is 1.92. The van der Waals surface area contributed by atoms with E-state index in [-0.39, 0.29) is 17.6 Å². The fraction of sp³-hybridized carbons (Fsp3) is 0.700. The van der Waals surface area contributed by atoms with E-state index in [0.717, 1.165) is 6.42 Å². The number of Topliss-reactive ketones (excluding diaryl/α,β-unsaturated/α-hetero) is 1. The van der Waals surface area contributed by atoms with Crippen molar-refractivity contribution in [3.8, 4) is 0 Å². The van der Waals surface area contributed by atoms with Crippen molar-refractivity contribution >= 4 is 5.78 Å². The number of carbonyl (C=O) groups excluding carboxylic acids is 1. The highest BCUT2D eigenvalue weighted by Crippen LogP contribution is 2.24. The SMILES string of the molecule is CC1COCCC1C(=O)c1cn(C)nn1. The molecule has 0 spiro atoms. The predicted octanol–water partition coefficient (Wildman–Crippen LogP) is 0.670. The Hall–Kier alpha value is -1.23. The van der Waals surface area contributed by atoms with Gasteiger partial charge in [-0.05, 0) is 12.3 Å². The van der Waals surface area contributed by atoms with Crippen LogP contribution < -0.4 is 0 Å². The summed E-state index contributed by atoms with van der Waals surface area (Å²) in [5, 5.41) is 7.62. The number of aryl methyl sites for hydroxylation is 1. The molecule has 0 aliphatic carbocycles. The monoisotopic (exact) mass is 209 g/mol. The van der Waals surface area contributed by atoms with Crippen LogP contribution in [0.2, 0.25) is 0 Å². The van der Waals surface area contributed by atoms with Crippen LogP contribution in [0.25, 0.3) is 0 Å². The maximum absolute atomic E-state index is 12.1. The Morgan fingerprint density at radius 1 is 1.67 bits per heavy atom. The quantitative estimate of drug-likeness (QED) is 0.672. The third kappa shape index (κ3) is 2.07. The molecule has 0 N–H and O–H groups in total. The number of nitrogens with zero attached hydrogens (tertiary/aromatic N) is 3. The first-order valence-electron chi connectivity index (χ1n) is 5.17. The van der Waals surface area contributed by atoms with E-state index in [1.165, 1.54) is 0 Å². The maximum atomic E-state index is 12.1. The normalized spacial score (nSPS) is 26.5.